The van der Waals surface area contributed by atoms with Crippen molar-refractivity contribution in [2.45, 2.75) is 0 Å². The highest BCUT2D eigenvalue weighted by Crippen LogP contribution is 2.33. The summed E-state index contributed by atoms with van der Waals surface area (Å²) in [6, 6.07) is 12.7. The molecule has 0 aliphatic rings. The van der Waals surface area contributed by atoms with Gasteiger partial charge in [-0.3, -0.25) is 0 Å². The Morgan fingerprint density at radius 3 is 2.27 bits per heavy atom. The van der Waals surface area contributed by atoms with Crippen molar-refractivity contribution in [2.24, 2.45) is 0 Å². The topological polar surface area (TPSA) is 46.2 Å². The minimum absolute atomic E-state index is 0.254. The fourth-order valence-electron chi connectivity index (χ4n) is 1.47. The van der Waals surface area contributed by atoms with Gasteiger partial charge in [0.15, 0.2) is 0 Å². The molecule has 0 amide bonds. The quantitative estimate of drug-likeness (QED) is 0.775. The van der Waals surface area contributed by atoms with E-state index in [1.54, 1.807) is 12.1 Å². The maximum Gasteiger partial charge on any atom is 0.115 e. The average Bonchev–Trinajstić information content (AvgIpc) is 2.20. The zero-order chi connectivity index (χ0) is 10.8. The summed E-state index contributed by atoms with van der Waals surface area (Å²) in [5.74, 6) is 0.254. The lowest BCUT2D eigenvalue weighted by Gasteiger charge is -2.08. The standard InChI is InChI=1S/C12H10BrNO/c13-10-2-1-3-11(14)12(10)8-4-6-9(15)7-5-8/h1-7,15H,14H2. The molecule has 0 aromatic heterocycles. The largest absolute Gasteiger partial charge is 0.508 e. The van der Waals surface area contributed by atoms with Crippen molar-refractivity contribution in [3.63, 3.8) is 0 Å². The zero-order valence-electron chi connectivity index (χ0n) is 7.94. The summed E-state index contributed by atoms with van der Waals surface area (Å²) in [4.78, 5) is 0. The van der Waals surface area contributed by atoms with Gasteiger partial charge in [0.25, 0.3) is 0 Å². The predicted octanol–water partition coefficient (Wildman–Crippen LogP) is 3.40. The molecule has 2 aromatic carbocycles. The average molecular weight is 264 g/mol. The number of benzene rings is 2. The second-order valence-electron chi connectivity index (χ2n) is 3.25. The van der Waals surface area contributed by atoms with Gasteiger partial charge in [-0.15, -0.1) is 0 Å². The number of aromatic hydroxyl groups is 1. The molecule has 0 fully saturated rings. The fourth-order valence-corrected chi connectivity index (χ4v) is 2.08. The van der Waals surface area contributed by atoms with E-state index in [2.05, 4.69) is 15.9 Å². The van der Waals surface area contributed by atoms with Crippen LogP contribution in [0.25, 0.3) is 11.1 Å². The molecule has 15 heavy (non-hydrogen) atoms. The molecule has 0 bridgehead atoms. The normalized spacial score (nSPS) is 10.2. The molecule has 0 spiro atoms. The van der Waals surface area contributed by atoms with Gasteiger partial charge < -0.3 is 10.8 Å². The molecule has 2 nitrogen and oxygen atoms in total. The summed E-state index contributed by atoms with van der Waals surface area (Å²) in [5.41, 5.74) is 8.56. The summed E-state index contributed by atoms with van der Waals surface area (Å²) in [5, 5.41) is 9.20. The number of nitrogen functional groups attached to an aromatic ring is 1. The van der Waals surface area contributed by atoms with Gasteiger partial charge >= 0.3 is 0 Å². The highest BCUT2D eigenvalue weighted by atomic mass is 79.9. The molecule has 0 atom stereocenters. The van der Waals surface area contributed by atoms with Crippen molar-refractivity contribution < 1.29 is 5.11 Å². The van der Waals surface area contributed by atoms with Crippen molar-refractivity contribution in [1.29, 1.82) is 0 Å². The van der Waals surface area contributed by atoms with Crippen molar-refractivity contribution in [3.8, 4) is 16.9 Å². The van der Waals surface area contributed by atoms with Gasteiger partial charge in [0.05, 0.1) is 0 Å². The van der Waals surface area contributed by atoms with E-state index in [0.717, 1.165) is 21.3 Å². The summed E-state index contributed by atoms with van der Waals surface area (Å²) in [6.45, 7) is 0. The summed E-state index contributed by atoms with van der Waals surface area (Å²) < 4.78 is 0.952. The van der Waals surface area contributed by atoms with Gasteiger partial charge in [0.1, 0.15) is 5.75 Å². The predicted molar refractivity (Wildman–Crippen MR) is 65.7 cm³/mol. The van der Waals surface area contributed by atoms with Gasteiger partial charge in [-0.25, -0.2) is 0 Å². The zero-order valence-corrected chi connectivity index (χ0v) is 9.53. The van der Waals surface area contributed by atoms with Gasteiger partial charge in [-0.2, -0.15) is 0 Å². The number of anilines is 1. The van der Waals surface area contributed by atoms with Gasteiger partial charge in [0.2, 0.25) is 0 Å². The number of hydrogen-bond acceptors (Lipinski definition) is 2. The van der Waals surface area contributed by atoms with Crippen molar-refractivity contribution >= 4 is 21.6 Å². The summed E-state index contributed by atoms with van der Waals surface area (Å²) in [7, 11) is 0. The molecule has 2 aromatic rings. The van der Waals surface area contributed by atoms with Crippen LogP contribution < -0.4 is 5.73 Å². The van der Waals surface area contributed by atoms with Crippen LogP contribution in [0.15, 0.2) is 46.9 Å². The van der Waals surface area contributed by atoms with Gasteiger partial charge in [-0.1, -0.05) is 34.1 Å². The second kappa shape index (κ2) is 3.95. The maximum absolute atomic E-state index is 9.20. The maximum atomic E-state index is 9.20. The highest BCUT2D eigenvalue weighted by molar-refractivity contribution is 9.10. The second-order valence-corrected chi connectivity index (χ2v) is 4.11. The minimum Gasteiger partial charge on any atom is -0.508 e. The Balaban J connectivity index is 2.58. The molecule has 3 heteroatoms. The first-order valence-corrected chi connectivity index (χ1v) is 5.31. The Bertz CT molecular complexity index is 459. The third kappa shape index (κ3) is 1.97. The summed E-state index contributed by atoms with van der Waals surface area (Å²) in [6.07, 6.45) is 0. The molecule has 0 saturated heterocycles. The third-order valence-corrected chi connectivity index (χ3v) is 2.86. The Kier molecular flexibility index (Phi) is 2.64. The van der Waals surface area contributed by atoms with Crippen LogP contribution in [0, 0.1) is 0 Å². The third-order valence-electron chi connectivity index (χ3n) is 2.20. The van der Waals surface area contributed by atoms with Crippen LogP contribution in [-0.4, -0.2) is 5.11 Å². The van der Waals surface area contributed by atoms with Crippen molar-refractivity contribution in [1.82, 2.24) is 0 Å². The number of hydrogen-bond donors (Lipinski definition) is 2. The molecule has 0 aliphatic carbocycles. The number of phenolic OH excluding ortho intramolecular Hbond substituents is 1. The van der Waals surface area contributed by atoms with E-state index in [-0.39, 0.29) is 5.75 Å². The van der Waals surface area contributed by atoms with E-state index in [1.807, 2.05) is 30.3 Å². The molecule has 2 rings (SSSR count). The summed E-state index contributed by atoms with van der Waals surface area (Å²) >= 11 is 3.46. The highest BCUT2D eigenvalue weighted by Gasteiger charge is 2.06. The lowest BCUT2D eigenvalue weighted by atomic mass is 10.0. The lowest BCUT2D eigenvalue weighted by molar-refractivity contribution is 0.475. The molecule has 0 saturated carbocycles. The van der Waals surface area contributed by atoms with Crippen molar-refractivity contribution in [3.05, 3.63) is 46.9 Å². The van der Waals surface area contributed by atoms with Crippen LogP contribution in [-0.2, 0) is 0 Å². The first kappa shape index (κ1) is 10.1. The Labute approximate surface area is 96.5 Å². The van der Waals surface area contributed by atoms with Crippen LogP contribution in [0.1, 0.15) is 0 Å². The van der Waals surface area contributed by atoms with Crippen LogP contribution in [0.4, 0.5) is 5.69 Å². The number of nitrogens with two attached hydrogens (primary N) is 1. The molecule has 0 aliphatic heterocycles. The monoisotopic (exact) mass is 263 g/mol. The molecule has 0 radical (unpaired) electrons. The molecule has 76 valence electrons. The first-order chi connectivity index (χ1) is 7.18. The van der Waals surface area contributed by atoms with Crippen LogP contribution >= 0.6 is 15.9 Å². The molecular formula is C12H10BrNO. The SMILES string of the molecule is Nc1cccc(Br)c1-c1ccc(O)cc1. The van der Waals surface area contributed by atoms with E-state index < -0.39 is 0 Å². The Hall–Kier alpha value is -1.48. The lowest BCUT2D eigenvalue weighted by Crippen LogP contribution is -1.90. The van der Waals surface area contributed by atoms with Crippen LogP contribution in [0.3, 0.4) is 0 Å². The Morgan fingerprint density at radius 1 is 1.00 bits per heavy atom. The fraction of sp³-hybridized carbons (Fsp3) is 0. The number of phenols is 1. The smallest absolute Gasteiger partial charge is 0.115 e. The van der Waals surface area contributed by atoms with Gasteiger partial charge in [-0.05, 0) is 29.8 Å². The van der Waals surface area contributed by atoms with E-state index in [4.69, 9.17) is 5.73 Å². The number of rotatable bonds is 1. The molecule has 3 N–H and O–H groups in total. The minimum atomic E-state index is 0.254. The van der Waals surface area contributed by atoms with E-state index in [9.17, 15) is 5.11 Å². The van der Waals surface area contributed by atoms with Crippen LogP contribution in [0.2, 0.25) is 0 Å². The van der Waals surface area contributed by atoms with E-state index in [0.29, 0.717) is 0 Å². The van der Waals surface area contributed by atoms with Crippen molar-refractivity contribution in [2.75, 3.05) is 5.73 Å². The number of halogens is 1. The van der Waals surface area contributed by atoms with E-state index in [1.165, 1.54) is 0 Å². The first-order valence-electron chi connectivity index (χ1n) is 4.52. The Morgan fingerprint density at radius 2 is 1.67 bits per heavy atom. The molecular weight excluding hydrogens is 254 g/mol. The van der Waals surface area contributed by atoms with Crippen LogP contribution in [0.5, 0.6) is 5.75 Å². The van der Waals surface area contributed by atoms with E-state index >= 15 is 0 Å². The van der Waals surface area contributed by atoms with Gasteiger partial charge in [0, 0.05) is 15.7 Å². The molecule has 0 unspecified atom stereocenters. The molecule has 0 heterocycles.